The third-order valence-corrected chi connectivity index (χ3v) is 6.94. The summed E-state index contributed by atoms with van der Waals surface area (Å²) < 4.78 is 13.0. The van der Waals surface area contributed by atoms with Crippen LogP contribution in [0.1, 0.15) is 45.4 Å². The van der Waals surface area contributed by atoms with E-state index in [1.807, 2.05) is 6.92 Å². The highest BCUT2D eigenvalue weighted by molar-refractivity contribution is 5.68. The molecule has 3 atom stereocenters. The highest BCUT2D eigenvalue weighted by Crippen LogP contribution is 2.45. The Bertz CT molecular complexity index is 1190. The summed E-state index contributed by atoms with van der Waals surface area (Å²) in [5.74, 6) is 3.14. The molecule has 0 N–H and O–H groups in total. The highest BCUT2D eigenvalue weighted by atomic mass is 16.5. The Morgan fingerprint density at radius 2 is 2.18 bits per heavy atom. The molecule has 0 aromatic carbocycles. The van der Waals surface area contributed by atoms with E-state index in [4.69, 9.17) is 9.47 Å². The molecule has 0 saturated heterocycles. The third kappa shape index (κ3) is 5.32. The van der Waals surface area contributed by atoms with Crippen molar-refractivity contribution in [3.05, 3.63) is 70.1 Å². The number of allylic oxidation sites excluding steroid dienone is 6. The lowest BCUT2D eigenvalue weighted by Gasteiger charge is -2.13. The number of pyridine rings is 1. The fraction of sp³-hybridized carbons (Fsp3) is 0.464. The van der Waals surface area contributed by atoms with Crippen molar-refractivity contribution in [2.45, 2.75) is 46.5 Å². The molecule has 2 aliphatic carbocycles. The molecule has 180 valence electrons. The van der Waals surface area contributed by atoms with Crippen molar-refractivity contribution in [2.75, 3.05) is 13.7 Å². The van der Waals surface area contributed by atoms with Crippen molar-refractivity contribution in [3.63, 3.8) is 0 Å². The normalized spacial score (nSPS) is 23.6. The van der Waals surface area contributed by atoms with Crippen LogP contribution in [0.2, 0.25) is 0 Å². The van der Waals surface area contributed by atoms with E-state index in [9.17, 15) is 4.79 Å². The molecule has 2 aromatic heterocycles. The van der Waals surface area contributed by atoms with E-state index in [0.29, 0.717) is 36.1 Å². The number of nitrogens with zero attached hydrogens (tertiary/aromatic N) is 3. The van der Waals surface area contributed by atoms with E-state index in [0.717, 1.165) is 17.5 Å². The van der Waals surface area contributed by atoms with Crippen LogP contribution in [0.3, 0.4) is 0 Å². The molecule has 2 saturated carbocycles. The first-order chi connectivity index (χ1) is 16.4. The Morgan fingerprint density at radius 3 is 2.94 bits per heavy atom. The molecule has 0 bridgehead atoms. The fourth-order valence-electron chi connectivity index (χ4n) is 4.83. The molecule has 2 aliphatic rings. The number of ether oxygens (including phenoxy) is 2. The molecule has 2 aromatic rings. The average Bonchev–Trinajstić information content (AvgIpc) is 3.48. The smallest absolute Gasteiger partial charge is 0.292 e. The third-order valence-electron chi connectivity index (χ3n) is 6.94. The first-order valence-corrected chi connectivity index (χ1v) is 12.1. The van der Waals surface area contributed by atoms with Crippen molar-refractivity contribution < 1.29 is 9.47 Å². The monoisotopic (exact) mass is 461 g/mol. The van der Waals surface area contributed by atoms with E-state index in [2.05, 4.69) is 48.1 Å². The summed E-state index contributed by atoms with van der Waals surface area (Å²) in [6, 6.07) is 1.72. The Morgan fingerprint density at radius 1 is 1.35 bits per heavy atom. The van der Waals surface area contributed by atoms with Crippen molar-refractivity contribution in [2.24, 2.45) is 24.8 Å². The lowest BCUT2D eigenvalue weighted by molar-refractivity contribution is 0.283. The quantitative estimate of drug-likeness (QED) is 0.491. The lowest BCUT2D eigenvalue weighted by atomic mass is 10.0. The predicted octanol–water partition coefficient (Wildman–Crippen LogP) is 5.42. The van der Waals surface area contributed by atoms with Crippen LogP contribution < -0.4 is 15.0 Å². The van der Waals surface area contributed by atoms with Crippen LogP contribution in [0, 0.1) is 24.7 Å². The van der Waals surface area contributed by atoms with Gasteiger partial charge in [0.1, 0.15) is 5.82 Å². The van der Waals surface area contributed by atoms with Gasteiger partial charge in [-0.25, -0.2) is 4.98 Å². The molecule has 0 amide bonds. The second-order valence-corrected chi connectivity index (χ2v) is 9.44. The Balaban J connectivity index is 1.45. The SMILES string of the molecule is C/C=C/C1CCC/C1=C/C=C(\C)C1CC1COc1nc(C)ncc1-c1cc(OC)c(=O)n(C)c1. The van der Waals surface area contributed by atoms with Gasteiger partial charge in [-0.15, -0.1) is 0 Å². The fourth-order valence-corrected chi connectivity index (χ4v) is 4.83. The highest BCUT2D eigenvalue weighted by Gasteiger charge is 2.38. The van der Waals surface area contributed by atoms with Gasteiger partial charge in [-0.1, -0.05) is 35.5 Å². The van der Waals surface area contributed by atoms with Gasteiger partial charge in [-0.2, -0.15) is 4.98 Å². The predicted molar refractivity (Wildman–Crippen MR) is 135 cm³/mol. The van der Waals surface area contributed by atoms with E-state index >= 15 is 0 Å². The molecule has 0 spiro atoms. The van der Waals surface area contributed by atoms with E-state index in [1.54, 1.807) is 31.1 Å². The van der Waals surface area contributed by atoms with E-state index in [1.165, 1.54) is 36.5 Å². The van der Waals surface area contributed by atoms with Crippen molar-refractivity contribution in [3.8, 4) is 22.8 Å². The van der Waals surface area contributed by atoms with Crippen molar-refractivity contribution >= 4 is 0 Å². The zero-order valence-electron chi connectivity index (χ0n) is 20.9. The minimum Gasteiger partial charge on any atom is -0.491 e. The molecule has 0 aliphatic heterocycles. The molecule has 34 heavy (non-hydrogen) atoms. The van der Waals surface area contributed by atoms with Crippen molar-refractivity contribution in [1.82, 2.24) is 14.5 Å². The Kier molecular flexibility index (Phi) is 7.35. The van der Waals surface area contributed by atoms with Crippen LogP contribution in [-0.2, 0) is 7.05 Å². The minimum atomic E-state index is -0.186. The molecule has 0 radical (unpaired) electrons. The summed E-state index contributed by atoms with van der Waals surface area (Å²) in [4.78, 5) is 21.1. The molecule has 2 fully saturated rings. The van der Waals surface area contributed by atoms with Crippen LogP contribution >= 0.6 is 0 Å². The van der Waals surface area contributed by atoms with Crippen molar-refractivity contribution in [1.29, 1.82) is 0 Å². The van der Waals surface area contributed by atoms with Crippen LogP contribution in [0.5, 0.6) is 11.6 Å². The second kappa shape index (κ2) is 10.4. The largest absolute Gasteiger partial charge is 0.491 e. The molecule has 6 nitrogen and oxygen atoms in total. The number of aryl methyl sites for hydroxylation is 2. The topological polar surface area (TPSA) is 66.2 Å². The molecule has 4 rings (SSSR count). The summed E-state index contributed by atoms with van der Waals surface area (Å²) in [7, 11) is 3.20. The van der Waals surface area contributed by atoms with E-state index in [-0.39, 0.29) is 11.3 Å². The number of methoxy groups -OCH3 is 1. The van der Waals surface area contributed by atoms with Gasteiger partial charge in [-0.3, -0.25) is 4.79 Å². The molecular formula is C28H35N3O3. The summed E-state index contributed by atoms with van der Waals surface area (Å²) in [5.41, 5.74) is 4.34. The number of aromatic nitrogens is 3. The molecule has 3 unspecified atom stereocenters. The van der Waals surface area contributed by atoms with Gasteiger partial charge in [0.15, 0.2) is 5.75 Å². The maximum Gasteiger partial charge on any atom is 0.292 e. The van der Waals surface area contributed by atoms with Crippen LogP contribution in [0.4, 0.5) is 0 Å². The van der Waals surface area contributed by atoms with Crippen LogP contribution in [0.15, 0.2) is 58.7 Å². The summed E-state index contributed by atoms with van der Waals surface area (Å²) in [5, 5.41) is 0. The zero-order chi connectivity index (χ0) is 24.2. The second-order valence-electron chi connectivity index (χ2n) is 9.44. The van der Waals surface area contributed by atoms with Gasteiger partial charge >= 0.3 is 0 Å². The van der Waals surface area contributed by atoms with Crippen LogP contribution in [0.25, 0.3) is 11.1 Å². The Hall–Kier alpha value is -3.15. The van der Waals surface area contributed by atoms with Crippen LogP contribution in [-0.4, -0.2) is 28.3 Å². The van der Waals surface area contributed by atoms with Gasteiger partial charge in [0, 0.05) is 30.9 Å². The lowest BCUT2D eigenvalue weighted by Crippen LogP contribution is -2.18. The van der Waals surface area contributed by atoms with Gasteiger partial charge < -0.3 is 14.0 Å². The zero-order valence-corrected chi connectivity index (χ0v) is 20.9. The maximum absolute atomic E-state index is 12.2. The molecular weight excluding hydrogens is 426 g/mol. The van der Waals surface area contributed by atoms with E-state index < -0.39 is 0 Å². The minimum absolute atomic E-state index is 0.186. The van der Waals surface area contributed by atoms with Gasteiger partial charge in [0.25, 0.3) is 5.56 Å². The first-order valence-electron chi connectivity index (χ1n) is 12.1. The van der Waals surface area contributed by atoms with Gasteiger partial charge in [0.05, 0.1) is 19.3 Å². The number of rotatable bonds is 8. The van der Waals surface area contributed by atoms with Gasteiger partial charge in [-0.05, 0) is 64.4 Å². The standard InChI is InChI=1S/C28H35N3O3/c1-6-8-20-9-7-10-21(20)12-11-18(2)24-13-23(24)17-34-27-25(15-29-19(3)30-27)22-14-26(33-5)28(32)31(4)16-22/h6,8,11-12,14-16,20,23-24H,7,9-10,13,17H2,1-5H3/b8-6+,18-11+,21-12-. The summed E-state index contributed by atoms with van der Waals surface area (Å²) in [6.07, 6.45) is 17.6. The molecule has 2 heterocycles. The Labute approximate surface area is 202 Å². The summed E-state index contributed by atoms with van der Waals surface area (Å²) in [6.45, 7) is 6.80. The molecule has 6 heteroatoms. The summed E-state index contributed by atoms with van der Waals surface area (Å²) >= 11 is 0. The maximum atomic E-state index is 12.2. The number of hydrogen-bond acceptors (Lipinski definition) is 5. The first kappa shape index (κ1) is 24.0. The average molecular weight is 462 g/mol. The van der Waals surface area contributed by atoms with Gasteiger partial charge in [0.2, 0.25) is 5.88 Å². The number of hydrogen-bond donors (Lipinski definition) is 0.